The van der Waals surface area contributed by atoms with Gasteiger partial charge in [0.2, 0.25) is 0 Å². The van der Waals surface area contributed by atoms with E-state index in [1.807, 2.05) is 44.2 Å². The molecular weight excluding hydrogens is 380 g/mol. The fourth-order valence-corrected chi connectivity index (χ4v) is 3.50. The Morgan fingerprint density at radius 2 is 1.63 bits per heavy atom. The number of urea groups is 1. The maximum absolute atomic E-state index is 12.8. The number of nitrogens with zero attached hydrogens (tertiary/aromatic N) is 1. The summed E-state index contributed by atoms with van der Waals surface area (Å²) in [5.74, 6) is -0.174. The first kappa shape index (κ1) is 21.6. The summed E-state index contributed by atoms with van der Waals surface area (Å²) in [6.07, 6.45) is 2.23. The Hall–Kier alpha value is -3.06. The molecule has 1 aliphatic heterocycles. The summed E-state index contributed by atoms with van der Waals surface area (Å²) in [5, 5.41) is 8.55. The molecule has 0 atom stereocenters. The van der Waals surface area contributed by atoms with Crippen LogP contribution < -0.4 is 20.9 Å². The molecule has 7 heteroatoms. The van der Waals surface area contributed by atoms with E-state index in [1.54, 1.807) is 13.2 Å². The maximum atomic E-state index is 12.8. The monoisotopic (exact) mass is 410 g/mol. The van der Waals surface area contributed by atoms with Crippen molar-refractivity contribution < 1.29 is 14.3 Å². The Bertz CT molecular complexity index is 907. The van der Waals surface area contributed by atoms with Crippen molar-refractivity contribution in [1.29, 1.82) is 0 Å². The number of ether oxygens (including phenoxy) is 1. The van der Waals surface area contributed by atoms with Crippen molar-refractivity contribution in [2.75, 3.05) is 48.9 Å². The van der Waals surface area contributed by atoms with Gasteiger partial charge in [0, 0.05) is 43.8 Å². The minimum atomic E-state index is -0.349. The van der Waals surface area contributed by atoms with E-state index in [4.69, 9.17) is 4.74 Å². The second-order valence-corrected chi connectivity index (χ2v) is 7.55. The Kier molecular flexibility index (Phi) is 7.30. The van der Waals surface area contributed by atoms with E-state index in [0.717, 1.165) is 42.9 Å². The Morgan fingerprint density at radius 3 is 2.30 bits per heavy atom. The van der Waals surface area contributed by atoms with Gasteiger partial charge in [-0.2, -0.15) is 0 Å². The van der Waals surface area contributed by atoms with Crippen molar-refractivity contribution >= 4 is 29.0 Å². The molecule has 0 unspecified atom stereocenters. The Labute approximate surface area is 177 Å². The van der Waals surface area contributed by atoms with Gasteiger partial charge in [-0.05, 0) is 68.1 Å². The van der Waals surface area contributed by atoms with Gasteiger partial charge in [0.1, 0.15) is 0 Å². The first-order valence-electron chi connectivity index (χ1n) is 10.3. The van der Waals surface area contributed by atoms with E-state index >= 15 is 0 Å². The third kappa shape index (κ3) is 5.51. The minimum Gasteiger partial charge on any atom is -0.383 e. The molecule has 30 heavy (non-hydrogen) atoms. The molecule has 0 bridgehead atoms. The van der Waals surface area contributed by atoms with Crippen LogP contribution in [-0.4, -0.2) is 45.3 Å². The number of benzene rings is 2. The van der Waals surface area contributed by atoms with Crippen LogP contribution in [0.15, 0.2) is 36.4 Å². The number of hydrogen-bond donors (Lipinski definition) is 3. The second kappa shape index (κ2) is 10.1. The molecule has 3 rings (SSSR count). The number of amides is 3. The highest BCUT2D eigenvalue weighted by Gasteiger charge is 2.20. The summed E-state index contributed by atoms with van der Waals surface area (Å²) in [5.41, 5.74) is 5.01. The number of rotatable bonds is 7. The molecule has 0 aromatic heterocycles. The molecule has 1 heterocycles. The highest BCUT2D eigenvalue weighted by molar-refractivity contribution is 6.04. The number of aryl methyl sites for hydroxylation is 2. The van der Waals surface area contributed by atoms with Crippen molar-refractivity contribution in [1.82, 2.24) is 5.32 Å². The van der Waals surface area contributed by atoms with Crippen LogP contribution in [0.5, 0.6) is 0 Å². The largest absolute Gasteiger partial charge is 0.383 e. The van der Waals surface area contributed by atoms with Gasteiger partial charge in [-0.25, -0.2) is 4.79 Å². The third-order valence-electron chi connectivity index (χ3n) is 5.30. The summed E-state index contributed by atoms with van der Waals surface area (Å²) >= 11 is 0. The van der Waals surface area contributed by atoms with Gasteiger partial charge in [0.05, 0.1) is 12.2 Å². The van der Waals surface area contributed by atoms with E-state index in [1.165, 1.54) is 5.56 Å². The van der Waals surface area contributed by atoms with Crippen LogP contribution in [0.1, 0.15) is 34.3 Å². The van der Waals surface area contributed by atoms with Crippen LogP contribution in [0.2, 0.25) is 0 Å². The van der Waals surface area contributed by atoms with Crippen LogP contribution in [0.4, 0.5) is 21.9 Å². The molecule has 2 aromatic rings. The van der Waals surface area contributed by atoms with Gasteiger partial charge >= 0.3 is 6.03 Å². The van der Waals surface area contributed by atoms with Crippen molar-refractivity contribution in [3.8, 4) is 0 Å². The summed E-state index contributed by atoms with van der Waals surface area (Å²) in [4.78, 5) is 27.4. The molecule has 0 saturated carbocycles. The SMILES string of the molecule is COCCNC(=O)c1cc(NC(=O)Nc2ccc(C)c(C)c2)ccc1N1CCCC1. The van der Waals surface area contributed by atoms with Crippen molar-refractivity contribution in [3.05, 3.63) is 53.1 Å². The average molecular weight is 411 g/mol. The zero-order chi connectivity index (χ0) is 21.5. The first-order chi connectivity index (χ1) is 14.5. The van der Waals surface area contributed by atoms with Crippen LogP contribution in [0.25, 0.3) is 0 Å². The van der Waals surface area contributed by atoms with E-state index in [-0.39, 0.29) is 11.9 Å². The van der Waals surface area contributed by atoms with Crippen LogP contribution in [-0.2, 0) is 4.74 Å². The van der Waals surface area contributed by atoms with E-state index < -0.39 is 0 Å². The number of carbonyl (C=O) groups excluding carboxylic acids is 2. The molecule has 3 amide bonds. The lowest BCUT2D eigenvalue weighted by Crippen LogP contribution is -2.30. The van der Waals surface area contributed by atoms with Gasteiger partial charge in [-0.1, -0.05) is 6.07 Å². The second-order valence-electron chi connectivity index (χ2n) is 7.55. The van der Waals surface area contributed by atoms with Crippen molar-refractivity contribution in [2.24, 2.45) is 0 Å². The van der Waals surface area contributed by atoms with Gasteiger partial charge in [-0.3, -0.25) is 4.79 Å². The molecule has 0 aliphatic carbocycles. The van der Waals surface area contributed by atoms with E-state index in [0.29, 0.717) is 24.4 Å². The molecule has 1 saturated heterocycles. The predicted molar refractivity (Wildman–Crippen MR) is 121 cm³/mol. The fourth-order valence-electron chi connectivity index (χ4n) is 3.50. The molecule has 0 spiro atoms. The molecule has 0 radical (unpaired) electrons. The lowest BCUT2D eigenvalue weighted by molar-refractivity contribution is 0.0937. The lowest BCUT2D eigenvalue weighted by Gasteiger charge is -2.22. The maximum Gasteiger partial charge on any atom is 0.323 e. The average Bonchev–Trinajstić information content (AvgIpc) is 3.25. The summed E-state index contributed by atoms with van der Waals surface area (Å²) in [6, 6.07) is 10.9. The normalized spacial score (nSPS) is 13.2. The third-order valence-corrected chi connectivity index (χ3v) is 5.30. The van der Waals surface area contributed by atoms with Crippen LogP contribution in [0.3, 0.4) is 0 Å². The highest BCUT2D eigenvalue weighted by Crippen LogP contribution is 2.27. The Morgan fingerprint density at radius 1 is 0.967 bits per heavy atom. The molecular formula is C23H30N4O3. The molecule has 1 aliphatic rings. The van der Waals surface area contributed by atoms with Gasteiger partial charge in [0.25, 0.3) is 5.91 Å². The zero-order valence-electron chi connectivity index (χ0n) is 17.9. The quantitative estimate of drug-likeness (QED) is 0.604. The molecule has 1 fully saturated rings. The molecule has 160 valence electrons. The topological polar surface area (TPSA) is 82.7 Å². The summed E-state index contributed by atoms with van der Waals surface area (Å²) in [7, 11) is 1.60. The predicted octanol–water partition coefficient (Wildman–Crippen LogP) is 3.92. The van der Waals surface area contributed by atoms with Crippen molar-refractivity contribution in [2.45, 2.75) is 26.7 Å². The van der Waals surface area contributed by atoms with Crippen LogP contribution in [0, 0.1) is 13.8 Å². The Balaban J connectivity index is 1.75. The lowest BCUT2D eigenvalue weighted by atomic mass is 10.1. The summed E-state index contributed by atoms with van der Waals surface area (Å²) < 4.78 is 5.02. The number of carbonyl (C=O) groups is 2. The van der Waals surface area contributed by atoms with Gasteiger partial charge in [0.15, 0.2) is 0 Å². The van der Waals surface area contributed by atoms with Gasteiger partial charge < -0.3 is 25.6 Å². The first-order valence-corrected chi connectivity index (χ1v) is 10.3. The number of anilines is 3. The fraction of sp³-hybridized carbons (Fsp3) is 0.391. The number of methoxy groups -OCH3 is 1. The zero-order valence-corrected chi connectivity index (χ0v) is 17.9. The van der Waals surface area contributed by atoms with E-state index in [9.17, 15) is 9.59 Å². The number of nitrogens with one attached hydrogen (secondary N) is 3. The van der Waals surface area contributed by atoms with Gasteiger partial charge in [-0.15, -0.1) is 0 Å². The standard InChI is InChI=1S/C23H30N4O3/c1-16-6-7-18(14-17(16)2)25-23(29)26-19-8-9-21(27-11-4-5-12-27)20(15-19)22(28)24-10-13-30-3/h6-9,14-15H,4-5,10-13H2,1-3H3,(H,24,28)(H2,25,26,29). The highest BCUT2D eigenvalue weighted by atomic mass is 16.5. The smallest absolute Gasteiger partial charge is 0.323 e. The molecule has 7 nitrogen and oxygen atoms in total. The molecule has 2 aromatic carbocycles. The summed E-state index contributed by atoms with van der Waals surface area (Å²) in [6.45, 7) is 6.77. The van der Waals surface area contributed by atoms with Crippen molar-refractivity contribution in [3.63, 3.8) is 0 Å². The minimum absolute atomic E-state index is 0.174. The van der Waals surface area contributed by atoms with E-state index in [2.05, 4.69) is 20.9 Å². The number of hydrogen-bond acceptors (Lipinski definition) is 4. The molecule has 3 N–H and O–H groups in total. The van der Waals surface area contributed by atoms with Crippen LogP contribution >= 0.6 is 0 Å².